The summed E-state index contributed by atoms with van der Waals surface area (Å²) in [6.07, 6.45) is 1.67. The Morgan fingerprint density at radius 2 is 2.27 bits per heavy atom. The molecule has 4 heteroatoms. The van der Waals surface area contributed by atoms with Crippen LogP contribution in [0.4, 0.5) is 0 Å². The molecule has 1 aromatic carbocycles. The molecule has 1 aromatic rings. The highest BCUT2D eigenvalue weighted by molar-refractivity contribution is 6.25. The van der Waals surface area contributed by atoms with E-state index in [4.69, 9.17) is 26.2 Å². The van der Waals surface area contributed by atoms with Crippen molar-refractivity contribution in [3.8, 4) is 11.5 Å². The van der Waals surface area contributed by atoms with Gasteiger partial charge in [-0.15, -0.1) is 0 Å². The number of aliphatic hydroxyl groups excluding tert-OH is 1. The summed E-state index contributed by atoms with van der Waals surface area (Å²) < 4.78 is 10.5. The van der Waals surface area contributed by atoms with E-state index >= 15 is 0 Å². The Labute approximate surface area is 93.9 Å². The van der Waals surface area contributed by atoms with Gasteiger partial charge in [-0.25, -0.2) is 0 Å². The number of hydrogen-bond donors (Lipinski definition) is 1. The van der Waals surface area contributed by atoms with E-state index in [-0.39, 0.29) is 6.61 Å². The van der Waals surface area contributed by atoms with Gasteiger partial charge in [0.15, 0.2) is 0 Å². The van der Waals surface area contributed by atoms with Gasteiger partial charge in [0.25, 0.3) is 0 Å². The number of hydrogen-bond acceptors (Lipinski definition) is 3. The van der Waals surface area contributed by atoms with Crippen molar-refractivity contribution < 1.29 is 14.6 Å². The number of benzene rings is 1. The van der Waals surface area contributed by atoms with Gasteiger partial charge >= 0.3 is 0 Å². The highest BCUT2D eigenvalue weighted by Gasteiger charge is 2.03. The quantitative estimate of drug-likeness (QED) is 0.841. The molecule has 0 amide bonds. The Morgan fingerprint density at radius 3 is 2.87 bits per heavy atom. The molecule has 0 fully saturated rings. The van der Waals surface area contributed by atoms with Crippen LogP contribution in [-0.2, 0) is 6.61 Å². The second kappa shape index (κ2) is 6.32. The maximum Gasteiger partial charge on any atom is 0.128 e. The van der Waals surface area contributed by atoms with Crippen molar-refractivity contribution in [2.45, 2.75) is 6.61 Å². The Hall–Kier alpha value is -1.19. The molecular formula is C11H13ClO3. The van der Waals surface area contributed by atoms with Gasteiger partial charge in [0, 0.05) is 17.2 Å². The summed E-state index contributed by atoms with van der Waals surface area (Å²) in [5.41, 5.74) is 2.11. The molecule has 15 heavy (non-hydrogen) atoms. The normalized spacial score (nSPS) is 10.6. The predicted octanol–water partition coefficient (Wildman–Crippen LogP) is 2.32. The monoisotopic (exact) mass is 228 g/mol. The van der Waals surface area contributed by atoms with Crippen LogP contribution in [0.2, 0.25) is 0 Å². The smallest absolute Gasteiger partial charge is 0.128 e. The Bertz CT molecular complexity index is 337. The van der Waals surface area contributed by atoms with Crippen molar-refractivity contribution in [3.05, 3.63) is 35.4 Å². The van der Waals surface area contributed by atoms with Crippen LogP contribution >= 0.6 is 11.6 Å². The minimum Gasteiger partial charge on any atom is -0.497 e. The fraction of sp³-hybridized carbons (Fsp3) is 0.273. The summed E-state index contributed by atoms with van der Waals surface area (Å²) in [5, 5.41) is 9.07. The third-order valence-corrected chi connectivity index (χ3v) is 2.05. The molecule has 0 bridgehead atoms. The lowest BCUT2D eigenvalue weighted by molar-refractivity contribution is 0.269. The first-order valence-electron chi connectivity index (χ1n) is 4.47. The summed E-state index contributed by atoms with van der Waals surface area (Å²) in [6, 6.07) is 5.27. The third-order valence-electron chi connectivity index (χ3n) is 1.87. The molecular weight excluding hydrogens is 216 g/mol. The lowest BCUT2D eigenvalue weighted by Crippen LogP contribution is -1.98. The molecule has 1 rings (SSSR count). The van der Waals surface area contributed by atoms with E-state index in [0.717, 1.165) is 5.56 Å². The number of ether oxygens (including phenoxy) is 2. The molecule has 0 aliphatic rings. The first-order valence-corrected chi connectivity index (χ1v) is 4.91. The number of halogens is 1. The van der Waals surface area contributed by atoms with E-state index in [2.05, 4.69) is 0 Å². The van der Waals surface area contributed by atoms with E-state index in [9.17, 15) is 0 Å². The molecule has 0 radical (unpaired) electrons. The van der Waals surface area contributed by atoms with Crippen molar-refractivity contribution in [2.75, 3.05) is 13.7 Å². The minimum absolute atomic E-state index is 0.0656. The topological polar surface area (TPSA) is 38.7 Å². The zero-order valence-electron chi connectivity index (χ0n) is 8.44. The van der Waals surface area contributed by atoms with Crippen LogP contribution in [0.1, 0.15) is 5.56 Å². The van der Waals surface area contributed by atoms with Crippen LogP contribution < -0.4 is 9.47 Å². The van der Waals surface area contributed by atoms with Crippen molar-refractivity contribution in [3.63, 3.8) is 0 Å². The maximum absolute atomic E-state index is 9.07. The van der Waals surface area contributed by atoms with Gasteiger partial charge in [-0.2, -0.15) is 0 Å². The zero-order chi connectivity index (χ0) is 11.1. The van der Waals surface area contributed by atoms with Gasteiger partial charge in [-0.3, -0.25) is 0 Å². The molecule has 0 aliphatic carbocycles. The van der Waals surface area contributed by atoms with Crippen LogP contribution in [0, 0.1) is 0 Å². The summed E-state index contributed by atoms with van der Waals surface area (Å²) in [7, 11) is 1.58. The standard InChI is InChI=1S/C11H13ClO3/c1-14-10-4-3-9(8-13)11(7-10)15-6-2-5-12/h2-5,7,13H,6,8H2,1H3. The Morgan fingerprint density at radius 1 is 1.47 bits per heavy atom. The summed E-state index contributed by atoms with van der Waals surface area (Å²) in [6.45, 7) is 0.299. The number of methoxy groups -OCH3 is 1. The summed E-state index contributed by atoms with van der Waals surface area (Å²) in [4.78, 5) is 0. The molecule has 82 valence electrons. The Kier molecular flexibility index (Phi) is 5.01. The first kappa shape index (κ1) is 11.9. The molecule has 0 aromatic heterocycles. The lowest BCUT2D eigenvalue weighted by Gasteiger charge is -2.09. The van der Waals surface area contributed by atoms with Crippen LogP contribution in [0.15, 0.2) is 29.8 Å². The lowest BCUT2D eigenvalue weighted by atomic mass is 10.2. The van der Waals surface area contributed by atoms with Crippen LogP contribution in [-0.4, -0.2) is 18.8 Å². The fourth-order valence-electron chi connectivity index (χ4n) is 1.10. The fourth-order valence-corrected chi connectivity index (χ4v) is 1.17. The average molecular weight is 229 g/mol. The largest absolute Gasteiger partial charge is 0.497 e. The first-order chi connectivity index (χ1) is 7.31. The van der Waals surface area contributed by atoms with E-state index in [1.54, 1.807) is 31.4 Å². The van der Waals surface area contributed by atoms with Gasteiger partial charge in [0.1, 0.15) is 18.1 Å². The van der Waals surface area contributed by atoms with Gasteiger partial charge < -0.3 is 14.6 Å². The molecule has 0 aliphatic heterocycles. The van der Waals surface area contributed by atoms with E-state index < -0.39 is 0 Å². The second-order valence-electron chi connectivity index (χ2n) is 2.80. The van der Waals surface area contributed by atoms with E-state index in [0.29, 0.717) is 18.1 Å². The number of rotatable bonds is 5. The van der Waals surface area contributed by atoms with Gasteiger partial charge in [0.05, 0.1) is 13.7 Å². The molecule has 0 unspecified atom stereocenters. The van der Waals surface area contributed by atoms with Crippen molar-refractivity contribution >= 4 is 11.6 Å². The van der Waals surface area contributed by atoms with E-state index in [1.165, 1.54) is 5.54 Å². The maximum atomic E-state index is 9.07. The SMILES string of the molecule is COc1ccc(CO)c(OCC=CCl)c1. The van der Waals surface area contributed by atoms with E-state index in [1.807, 2.05) is 0 Å². The van der Waals surface area contributed by atoms with Gasteiger partial charge in [0.2, 0.25) is 0 Å². The second-order valence-corrected chi connectivity index (χ2v) is 3.06. The average Bonchev–Trinajstić information content (AvgIpc) is 2.29. The van der Waals surface area contributed by atoms with Crippen LogP contribution in [0.25, 0.3) is 0 Å². The summed E-state index contributed by atoms with van der Waals surface area (Å²) in [5.74, 6) is 1.30. The van der Waals surface area contributed by atoms with Gasteiger partial charge in [-0.05, 0) is 18.2 Å². The van der Waals surface area contributed by atoms with Crippen LogP contribution in [0.3, 0.4) is 0 Å². The molecule has 0 saturated carbocycles. The molecule has 0 spiro atoms. The molecule has 0 atom stereocenters. The minimum atomic E-state index is -0.0656. The van der Waals surface area contributed by atoms with Gasteiger partial charge in [-0.1, -0.05) is 11.6 Å². The zero-order valence-corrected chi connectivity index (χ0v) is 9.20. The Balaban J connectivity index is 2.81. The predicted molar refractivity (Wildman–Crippen MR) is 59.4 cm³/mol. The number of aliphatic hydroxyl groups is 1. The van der Waals surface area contributed by atoms with Crippen LogP contribution in [0.5, 0.6) is 11.5 Å². The molecule has 0 saturated heterocycles. The molecule has 0 heterocycles. The molecule has 1 N–H and O–H groups in total. The van der Waals surface area contributed by atoms with Crippen molar-refractivity contribution in [1.82, 2.24) is 0 Å². The highest BCUT2D eigenvalue weighted by atomic mass is 35.5. The summed E-state index contributed by atoms with van der Waals surface area (Å²) >= 11 is 5.37. The molecule has 3 nitrogen and oxygen atoms in total. The van der Waals surface area contributed by atoms with Crippen molar-refractivity contribution in [1.29, 1.82) is 0 Å². The highest BCUT2D eigenvalue weighted by Crippen LogP contribution is 2.24. The third kappa shape index (κ3) is 3.46. The van der Waals surface area contributed by atoms with Crippen molar-refractivity contribution in [2.24, 2.45) is 0 Å².